The summed E-state index contributed by atoms with van der Waals surface area (Å²) >= 11 is 1.79. The number of rotatable bonds is 7. The number of hydrogen-bond donors (Lipinski definition) is 1. The van der Waals surface area contributed by atoms with Crippen LogP contribution < -0.4 is 10.2 Å². The Bertz CT molecular complexity index is 1320. The molecule has 1 aliphatic heterocycles. The van der Waals surface area contributed by atoms with Crippen LogP contribution in [0, 0.1) is 0 Å². The molecule has 0 radical (unpaired) electrons. The molecule has 0 amide bonds. The highest BCUT2D eigenvalue weighted by molar-refractivity contribution is 7.98. The SMILES string of the molecule is COC(=O)c1ccccc1Nc1c(N2CCOCC2)cnc2ccc(SCc3ccccc3)cc12. The number of carbonyl (C=O) groups excluding carboxylic acids is 1. The fraction of sp³-hybridized carbons (Fsp3) is 0.214. The highest BCUT2D eigenvalue weighted by Gasteiger charge is 2.20. The third-order valence-corrected chi connectivity index (χ3v) is 7.08. The van der Waals surface area contributed by atoms with Gasteiger partial charge < -0.3 is 19.7 Å². The summed E-state index contributed by atoms with van der Waals surface area (Å²) in [4.78, 5) is 20.7. The van der Waals surface area contributed by atoms with Crippen LogP contribution in [0.3, 0.4) is 0 Å². The Labute approximate surface area is 209 Å². The van der Waals surface area contributed by atoms with E-state index in [4.69, 9.17) is 14.5 Å². The summed E-state index contributed by atoms with van der Waals surface area (Å²) < 4.78 is 10.6. The van der Waals surface area contributed by atoms with Crippen LogP contribution in [0.5, 0.6) is 0 Å². The van der Waals surface area contributed by atoms with Gasteiger partial charge in [0.1, 0.15) is 0 Å². The predicted molar refractivity (Wildman–Crippen MR) is 142 cm³/mol. The van der Waals surface area contributed by atoms with Gasteiger partial charge >= 0.3 is 5.97 Å². The van der Waals surface area contributed by atoms with Gasteiger partial charge in [-0.25, -0.2) is 4.79 Å². The zero-order valence-corrected chi connectivity index (χ0v) is 20.4. The van der Waals surface area contributed by atoms with Crippen LogP contribution in [0.1, 0.15) is 15.9 Å². The third-order valence-electron chi connectivity index (χ3n) is 6.01. The molecule has 7 heteroatoms. The lowest BCUT2D eigenvalue weighted by Gasteiger charge is -2.31. The summed E-state index contributed by atoms with van der Waals surface area (Å²) in [5.41, 5.74) is 5.28. The summed E-state index contributed by atoms with van der Waals surface area (Å²) in [5.74, 6) is 0.509. The van der Waals surface area contributed by atoms with Crippen molar-refractivity contribution in [3.05, 3.63) is 90.1 Å². The molecule has 0 aliphatic carbocycles. The van der Waals surface area contributed by atoms with E-state index < -0.39 is 0 Å². The molecular formula is C28H27N3O3S. The fourth-order valence-corrected chi connectivity index (χ4v) is 5.07. The predicted octanol–water partition coefficient (Wildman–Crippen LogP) is 5.89. The number of ether oxygens (including phenoxy) is 2. The van der Waals surface area contributed by atoms with Crippen LogP contribution >= 0.6 is 11.8 Å². The maximum Gasteiger partial charge on any atom is 0.339 e. The molecule has 6 nitrogen and oxygen atoms in total. The molecule has 0 bridgehead atoms. The Hall–Kier alpha value is -3.55. The van der Waals surface area contributed by atoms with Crippen LogP contribution in [-0.4, -0.2) is 44.4 Å². The topological polar surface area (TPSA) is 63.7 Å². The second-order valence-electron chi connectivity index (χ2n) is 8.23. The van der Waals surface area contributed by atoms with E-state index in [9.17, 15) is 4.79 Å². The van der Waals surface area contributed by atoms with Gasteiger partial charge in [-0.1, -0.05) is 42.5 Å². The van der Waals surface area contributed by atoms with E-state index in [-0.39, 0.29) is 5.97 Å². The number of anilines is 3. The van der Waals surface area contributed by atoms with E-state index in [0.29, 0.717) is 24.5 Å². The number of fused-ring (bicyclic) bond motifs is 1. The number of para-hydroxylation sites is 1. The van der Waals surface area contributed by atoms with Gasteiger partial charge in [-0.15, -0.1) is 11.8 Å². The lowest BCUT2D eigenvalue weighted by molar-refractivity contribution is 0.0602. The van der Waals surface area contributed by atoms with Gasteiger partial charge in [0.2, 0.25) is 0 Å². The maximum absolute atomic E-state index is 12.4. The number of hydrogen-bond acceptors (Lipinski definition) is 7. The standard InChI is InChI=1S/C28H27N3O3S/c1-33-28(32)22-9-5-6-10-25(22)30-27-23-17-21(35-19-20-7-3-2-4-8-20)11-12-24(23)29-18-26(27)31-13-15-34-16-14-31/h2-12,17-18H,13-16,19H2,1H3,(H,29,30). The maximum atomic E-state index is 12.4. The highest BCUT2D eigenvalue weighted by atomic mass is 32.2. The Morgan fingerprint density at radius 2 is 1.83 bits per heavy atom. The fourth-order valence-electron chi connectivity index (χ4n) is 4.18. The van der Waals surface area contributed by atoms with Crippen LogP contribution in [-0.2, 0) is 15.2 Å². The highest BCUT2D eigenvalue weighted by Crippen LogP contribution is 2.38. The smallest absolute Gasteiger partial charge is 0.339 e. The van der Waals surface area contributed by atoms with Crippen molar-refractivity contribution in [2.45, 2.75) is 10.6 Å². The molecule has 3 aromatic carbocycles. The summed E-state index contributed by atoms with van der Waals surface area (Å²) in [6.07, 6.45) is 1.91. The first-order valence-corrected chi connectivity index (χ1v) is 12.6. The first-order chi connectivity index (χ1) is 17.2. The van der Waals surface area contributed by atoms with Crippen molar-refractivity contribution >= 4 is 45.7 Å². The van der Waals surface area contributed by atoms with Crippen LogP contribution in [0.25, 0.3) is 10.9 Å². The summed E-state index contributed by atoms with van der Waals surface area (Å²) in [6.45, 7) is 2.90. The molecule has 0 saturated carbocycles. The zero-order chi connectivity index (χ0) is 24.0. The first-order valence-electron chi connectivity index (χ1n) is 11.6. The minimum Gasteiger partial charge on any atom is -0.465 e. The summed E-state index contributed by atoms with van der Waals surface area (Å²) in [6, 6.07) is 24.2. The molecule has 1 fully saturated rings. The number of pyridine rings is 1. The number of nitrogens with one attached hydrogen (secondary N) is 1. The molecule has 0 atom stereocenters. The van der Waals surface area contributed by atoms with E-state index >= 15 is 0 Å². The number of nitrogens with zero attached hydrogens (tertiary/aromatic N) is 2. The van der Waals surface area contributed by atoms with Gasteiger partial charge in [0.05, 0.1) is 54.7 Å². The molecule has 1 saturated heterocycles. The van der Waals surface area contributed by atoms with Gasteiger partial charge in [-0.05, 0) is 35.9 Å². The molecule has 35 heavy (non-hydrogen) atoms. The molecule has 5 rings (SSSR count). The summed E-state index contributed by atoms with van der Waals surface area (Å²) in [5, 5.41) is 4.57. The number of methoxy groups -OCH3 is 1. The van der Waals surface area contributed by atoms with E-state index in [1.165, 1.54) is 12.7 Å². The van der Waals surface area contributed by atoms with Gasteiger partial charge in [-0.2, -0.15) is 0 Å². The second kappa shape index (κ2) is 10.8. The van der Waals surface area contributed by atoms with Crippen LogP contribution in [0.15, 0.2) is 83.9 Å². The number of thioether (sulfide) groups is 1. The molecule has 1 aliphatic rings. The third kappa shape index (κ3) is 5.26. The van der Waals surface area contributed by atoms with E-state index in [0.717, 1.165) is 46.0 Å². The molecule has 0 unspecified atom stereocenters. The molecule has 2 heterocycles. The van der Waals surface area contributed by atoms with E-state index in [1.54, 1.807) is 17.8 Å². The van der Waals surface area contributed by atoms with Gasteiger partial charge in [0.25, 0.3) is 0 Å². The minimum absolute atomic E-state index is 0.376. The Kier molecular flexibility index (Phi) is 7.16. The van der Waals surface area contributed by atoms with E-state index in [1.807, 2.05) is 30.5 Å². The molecular weight excluding hydrogens is 458 g/mol. The minimum atomic E-state index is -0.376. The second-order valence-corrected chi connectivity index (χ2v) is 9.28. The Morgan fingerprint density at radius 3 is 2.63 bits per heavy atom. The average molecular weight is 486 g/mol. The van der Waals surface area contributed by atoms with Crippen molar-refractivity contribution in [3.8, 4) is 0 Å². The molecule has 0 spiro atoms. The van der Waals surface area contributed by atoms with Gasteiger partial charge in [-0.3, -0.25) is 4.98 Å². The van der Waals surface area contributed by atoms with Crippen LogP contribution in [0.4, 0.5) is 17.1 Å². The van der Waals surface area contributed by atoms with Crippen molar-refractivity contribution in [2.75, 3.05) is 43.6 Å². The lowest BCUT2D eigenvalue weighted by atomic mass is 10.1. The molecule has 1 N–H and O–H groups in total. The van der Waals surface area contributed by atoms with Crippen LogP contribution in [0.2, 0.25) is 0 Å². The quantitative estimate of drug-likeness (QED) is 0.258. The van der Waals surface area contributed by atoms with Crippen molar-refractivity contribution in [2.24, 2.45) is 0 Å². The number of morpholine rings is 1. The number of carbonyl (C=O) groups is 1. The van der Waals surface area contributed by atoms with E-state index in [2.05, 4.69) is 52.7 Å². The molecule has 4 aromatic rings. The molecule has 178 valence electrons. The number of benzene rings is 3. The average Bonchev–Trinajstić information content (AvgIpc) is 2.93. The summed E-state index contributed by atoms with van der Waals surface area (Å²) in [7, 11) is 1.40. The van der Waals surface area contributed by atoms with Crippen molar-refractivity contribution < 1.29 is 14.3 Å². The first kappa shape index (κ1) is 23.2. The van der Waals surface area contributed by atoms with Gasteiger partial charge in [0.15, 0.2) is 0 Å². The van der Waals surface area contributed by atoms with Gasteiger partial charge in [0, 0.05) is 29.1 Å². The lowest BCUT2D eigenvalue weighted by Crippen LogP contribution is -2.36. The number of esters is 1. The van der Waals surface area contributed by atoms with Crippen molar-refractivity contribution in [3.63, 3.8) is 0 Å². The Balaban J connectivity index is 1.57. The normalized spacial score (nSPS) is 13.6. The largest absolute Gasteiger partial charge is 0.465 e. The zero-order valence-electron chi connectivity index (χ0n) is 19.6. The number of aromatic nitrogens is 1. The Morgan fingerprint density at radius 1 is 1.06 bits per heavy atom. The monoisotopic (exact) mass is 485 g/mol. The molecule has 1 aromatic heterocycles. The van der Waals surface area contributed by atoms with Crippen molar-refractivity contribution in [1.29, 1.82) is 0 Å². The van der Waals surface area contributed by atoms with Crippen molar-refractivity contribution in [1.82, 2.24) is 4.98 Å².